The zero-order valence-electron chi connectivity index (χ0n) is 9.72. The Bertz CT molecular complexity index is 372. The molecule has 1 atom stereocenters. The molecule has 1 fully saturated rings. The van der Waals surface area contributed by atoms with Gasteiger partial charge in [-0.25, -0.2) is 0 Å². The highest BCUT2D eigenvalue weighted by Gasteiger charge is 2.25. The van der Waals surface area contributed by atoms with Gasteiger partial charge in [-0.2, -0.15) is 0 Å². The van der Waals surface area contributed by atoms with Crippen LogP contribution in [0.25, 0.3) is 0 Å². The largest absolute Gasteiger partial charge is 0.344 e. The van der Waals surface area contributed by atoms with E-state index in [1.165, 1.54) is 0 Å². The molecule has 1 amide bonds. The molecule has 0 bridgehead atoms. The van der Waals surface area contributed by atoms with E-state index in [0.717, 1.165) is 31.6 Å². The molecule has 0 aromatic carbocycles. The average molecular weight is 221 g/mol. The van der Waals surface area contributed by atoms with Gasteiger partial charge in [0.25, 0.3) is 5.91 Å². The number of rotatable bonds is 3. The third-order valence-corrected chi connectivity index (χ3v) is 3.03. The third kappa shape index (κ3) is 2.11. The van der Waals surface area contributed by atoms with Gasteiger partial charge < -0.3 is 15.2 Å². The number of amides is 1. The summed E-state index contributed by atoms with van der Waals surface area (Å²) in [4.78, 5) is 14.1. The fourth-order valence-corrected chi connectivity index (χ4v) is 2.18. The second-order valence-electron chi connectivity index (χ2n) is 4.39. The Kier molecular flexibility index (Phi) is 3.29. The summed E-state index contributed by atoms with van der Waals surface area (Å²) in [6, 6.07) is 3.97. The van der Waals surface area contributed by atoms with Crippen LogP contribution in [0.15, 0.2) is 18.3 Å². The van der Waals surface area contributed by atoms with Gasteiger partial charge in [0.05, 0.1) is 0 Å². The molecule has 4 nitrogen and oxygen atoms in total. The topological polar surface area (TPSA) is 51.3 Å². The highest BCUT2D eigenvalue weighted by molar-refractivity contribution is 5.93. The highest BCUT2D eigenvalue weighted by atomic mass is 16.2. The smallest absolute Gasteiger partial charge is 0.270 e. The molecule has 1 aliphatic rings. The molecule has 0 radical (unpaired) electrons. The van der Waals surface area contributed by atoms with Crippen molar-refractivity contribution in [2.24, 2.45) is 5.73 Å². The van der Waals surface area contributed by atoms with E-state index in [0.29, 0.717) is 6.54 Å². The lowest BCUT2D eigenvalue weighted by Gasteiger charge is -2.17. The Morgan fingerprint density at radius 2 is 2.44 bits per heavy atom. The molecule has 0 aliphatic carbocycles. The molecule has 88 valence electrons. The van der Waals surface area contributed by atoms with Crippen molar-refractivity contribution in [3.63, 3.8) is 0 Å². The third-order valence-electron chi connectivity index (χ3n) is 3.03. The maximum Gasteiger partial charge on any atom is 0.270 e. The van der Waals surface area contributed by atoms with Gasteiger partial charge in [0.15, 0.2) is 0 Å². The molecule has 4 heteroatoms. The van der Waals surface area contributed by atoms with E-state index < -0.39 is 0 Å². The van der Waals surface area contributed by atoms with Gasteiger partial charge in [-0.3, -0.25) is 4.79 Å². The molecule has 1 aliphatic heterocycles. The van der Waals surface area contributed by atoms with Crippen LogP contribution in [0.2, 0.25) is 0 Å². The summed E-state index contributed by atoms with van der Waals surface area (Å²) in [5.41, 5.74) is 6.60. The lowest BCUT2D eigenvalue weighted by atomic mass is 10.3. The molecular formula is C12H19N3O. The molecule has 2 N–H and O–H groups in total. The standard InChI is InChI=1S/C12H19N3O/c1-2-6-14-7-3-4-11(14)12(16)15-8-5-10(13)9-15/h3-4,7,10H,2,5-6,8-9,13H2,1H3/t10-/m1/s1. The molecular weight excluding hydrogens is 202 g/mol. The van der Waals surface area contributed by atoms with Gasteiger partial charge in [0, 0.05) is 31.9 Å². The summed E-state index contributed by atoms with van der Waals surface area (Å²) in [5.74, 6) is 0.117. The predicted octanol–water partition coefficient (Wildman–Crippen LogP) is 1.07. The number of likely N-dealkylation sites (tertiary alicyclic amines) is 1. The molecule has 1 aromatic rings. The number of nitrogens with zero attached hydrogens (tertiary/aromatic N) is 2. The summed E-state index contributed by atoms with van der Waals surface area (Å²) in [6.07, 6.45) is 3.92. The zero-order valence-corrected chi connectivity index (χ0v) is 9.72. The van der Waals surface area contributed by atoms with Crippen LogP contribution >= 0.6 is 0 Å². The monoisotopic (exact) mass is 221 g/mol. The molecule has 2 heterocycles. The zero-order chi connectivity index (χ0) is 11.5. The Labute approximate surface area is 96.0 Å². The number of hydrogen-bond donors (Lipinski definition) is 1. The van der Waals surface area contributed by atoms with Crippen LogP contribution in [0.3, 0.4) is 0 Å². The van der Waals surface area contributed by atoms with E-state index in [9.17, 15) is 4.79 Å². The Hall–Kier alpha value is -1.29. The van der Waals surface area contributed by atoms with Crippen LogP contribution in [0.4, 0.5) is 0 Å². The Morgan fingerprint density at radius 3 is 3.06 bits per heavy atom. The van der Waals surface area contributed by atoms with Crippen LogP contribution in [-0.2, 0) is 6.54 Å². The lowest BCUT2D eigenvalue weighted by molar-refractivity contribution is 0.0780. The van der Waals surface area contributed by atoms with Crippen molar-refractivity contribution in [1.82, 2.24) is 9.47 Å². The normalized spacial score (nSPS) is 20.4. The molecule has 1 saturated heterocycles. The van der Waals surface area contributed by atoms with Crippen LogP contribution < -0.4 is 5.73 Å². The number of carbonyl (C=O) groups is 1. The quantitative estimate of drug-likeness (QED) is 0.830. The Morgan fingerprint density at radius 1 is 1.62 bits per heavy atom. The number of aromatic nitrogens is 1. The maximum absolute atomic E-state index is 12.2. The average Bonchev–Trinajstić information content (AvgIpc) is 2.87. The van der Waals surface area contributed by atoms with E-state index >= 15 is 0 Å². The van der Waals surface area contributed by atoms with Crippen LogP contribution in [0, 0.1) is 0 Å². The van der Waals surface area contributed by atoms with E-state index in [1.807, 2.05) is 27.8 Å². The first-order chi connectivity index (χ1) is 7.72. The second-order valence-corrected chi connectivity index (χ2v) is 4.39. The number of carbonyl (C=O) groups excluding carboxylic acids is 1. The van der Waals surface area contributed by atoms with Crippen molar-refractivity contribution in [3.05, 3.63) is 24.0 Å². The molecule has 0 unspecified atom stereocenters. The highest BCUT2D eigenvalue weighted by Crippen LogP contribution is 2.13. The van der Waals surface area contributed by atoms with E-state index in [2.05, 4.69) is 6.92 Å². The lowest BCUT2D eigenvalue weighted by Crippen LogP contribution is -2.33. The first-order valence-electron chi connectivity index (χ1n) is 5.92. The van der Waals surface area contributed by atoms with Crippen LogP contribution in [0.5, 0.6) is 0 Å². The summed E-state index contributed by atoms with van der Waals surface area (Å²) in [7, 11) is 0. The minimum absolute atomic E-state index is 0.117. The van der Waals surface area contributed by atoms with Crippen molar-refractivity contribution in [2.75, 3.05) is 13.1 Å². The summed E-state index contributed by atoms with van der Waals surface area (Å²) < 4.78 is 2.02. The van der Waals surface area contributed by atoms with Crippen molar-refractivity contribution in [1.29, 1.82) is 0 Å². The summed E-state index contributed by atoms with van der Waals surface area (Å²) in [5, 5.41) is 0. The van der Waals surface area contributed by atoms with Gasteiger partial charge in [-0.15, -0.1) is 0 Å². The SMILES string of the molecule is CCCn1cccc1C(=O)N1CC[C@@H](N)C1. The van der Waals surface area contributed by atoms with Crippen LogP contribution in [0.1, 0.15) is 30.3 Å². The van der Waals surface area contributed by atoms with E-state index in [4.69, 9.17) is 5.73 Å². The fraction of sp³-hybridized carbons (Fsp3) is 0.583. The van der Waals surface area contributed by atoms with Gasteiger partial charge in [0.2, 0.25) is 0 Å². The minimum atomic E-state index is 0.117. The summed E-state index contributed by atoms with van der Waals surface area (Å²) in [6.45, 7) is 4.49. The van der Waals surface area contributed by atoms with Crippen molar-refractivity contribution >= 4 is 5.91 Å². The van der Waals surface area contributed by atoms with Gasteiger partial charge >= 0.3 is 0 Å². The predicted molar refractivity (Wildman–Crippen MR) is 63.2 cm³/mol. The molecule has 2 rings (SSSR count). The first-order valence-corrected chi connectivity index (χ1v) is 5.92. The molecule has 0 saturated carbocycles. The van der Waals surface area contributed by atoms with Gasteiger partial charge in [-0.1, -0.05) is 6.92 Å². The Balaban J connectivity index is 2.11. The summed E-state index contributed by atoms with van der Waals surface area (Å²) >= 11 is 0. The maximum atomic E-state index is 12.2. The van der Waals surface area contributed by atoms with Gasteiger partial charge in [0.1, 0.15) is 5.69 Å². The van der Waals surface area contributed by atoms with Crippen molar-refractivity contribution < 1.29 is 4.79 Å². The molecule has 16 heavy (non-hydrogen) atoms. The molecule has 1 aromatic heterocycles. The van der Waals surface area contributed by atoms with Crippen molar-refractivity contribution in [3.8, 4) is 0 Å². The first kappa shape index (κ1) is 11.2. The second kappa shape index (κ2) is 4.70. The fourth-order valence-electron chi connectivity index (χ4n) is 2.18. The minimum Gasteiger partial charge on any atom is -0.344 e. The van der Waals surface area contributed by atoms with E-state index in [-0.39, 0.29) is 11.9 Å². The van der Waals surface area contributed by atoms with Crippen molar-refractivity contribution in [2.45, 2.75) is 32.4 Å². The number of hydrogen-bond acceptors (Lipinski definition) is 2. The van der Waals surface area contributed by atoms with Crippen LogP contribution in [-0.4, -0.2) is 34.5 Å². The van der Waals surface area contributed by atoms with Gasteiger partial charge in [-0.05, 0) is 25.0 Å². The molecule has 0 spiro atoms. The number of nitrogens with two attached hydrogens (primary N) is 1. The van der Waals surface area contributed by atoms with E-state index in [1.54, 1.807) is 0 Å². The number of aryl methyl sites for hydroxylation is 1.